The molecule has 1 amide bonds. The molecule has 3 heterocycles. The molecule has 0 aromatic carbocycles. The number of amides is 1. The highest BCUT2D eigenvalue weighted by molar-refractivity contribution is 6.11. The second-order valence-electron chi connectivity index (χ2n) is 7.13. The second-order valence-corrected chi connectivity index (χ2v) is 7.13. The number of allylic oxidation sites excluding steroid dienone is 1. The van der Waals surface area contributed by atoms with E-state index in [1.54, 1.807) is 12.4 Å². The van der Waals surface area contributed by atoms with Crippen molar-refractivity contribution in [3.8, 4) is 5.75 Å². The third-order valence-corrected chi connectivity index (χ3v) is 5.34. The maximum atomic E-state index is 13.6. The summed E-state index contributed by atoms with van der Waals surface area (Å²) >= 11 is 0. The summed E-state index contributed by atoms with van der Waals surface area (Å²) in [6.07, 6.45) is -2.28. The lowest BCUT2D eigenvalue weighted by atomic mass is 9.79. The Hall–Kier alpha value is -2.82. The van der Waals surface area contributed by atoms with Gasteiger partial charge in [-0.1, -0.05) is 0 Å². The fourth-order valence-electron chi connectivity index (χ4n) is 3.74. The van der Waals surface area contributed by atoms with Crippen molar-refractivity contribution in [3.63, 3.8) is 0 Å². The molecule has 2 saturated heterocycles. The van der Waals surface area contributed by atoms with E-state index in [9.17, 15) is 23.1 Å². The highest BCUT2D eigenvalue weighted by Gasteiger charge is 2.61. The Kier molecular flexibility index (Phi) is 5.44. The molecule has 0 spiro atoms. The number of rotatable bonds is 3. The van der Waals surface area contributed by atoms with Gasteiger partial charge in [0.1, 0.15) is 11.6 Å². The van der Waals surface area contributed by atoms with E-state index in [0.29, 0.717) is 31.7 Å². The number of piperidine rings is 2. The number of aliphatic hydroxyl groups is 1. The van der Waals surface area contributed by atoms with Gasteiger partial charge < -0.3 is 25.8 Å². The maximum Gasteiger partial charge on any atom is 0.422 e. The van der Waals surface area contributed by atoms with Gasteiger partial charge in [-0.2, -0.15) is 13.2 Å². The van der Waals surface area contributed by atoms with Crippen LogP contribution in [0.1, 0.15) is 19.3 Å². The molecule has 29 heavy (non-hydrogen) atoms. The molecule has 0 radical (unpaired) electrons. The molecule has 1 atom stereocenters. The Bertz CT molecular complexity index is 849. The predicted molar refractivity (Wildman–Crippen MR) is 98.4 cm³/mol. The van der Waals surface area contributed by atoms with E-state index >= 15 is 0 Å². The SMILES string of the molecule is COc1cncc(N2CCC(C(N)=C3C(=N)NC(=O)CC3(O)C(F)(F)F)CC2)c1. The van der Waals surface area contributed by atoms with E-state index in [4.69, 9.17) is 15.9 Å². The van der Waals surface area contributed by atoms with Gasteiger partial charge in [0.15, 0.2) is 5.60 Å². The zero-order chi connectivity index (χ0) is 21.4. The molecule has 1 aromatic heterocycles. The van der Waals surface area contributed by atoms with Crippen molar-refractivity contribution in [1.82, 2.24) is 10.3 Å². The van der Waals surface area contributed by atoms with Crippen molar-refractivity contribution < 1.29 is 27.8 Å². The minimum atomic E-state index is -5.13. The molecule has 0 bridgehead atoms. The molecule has 2 fully saturated rings. The zero-order valence-electron chi connectivity index (χ0n) is 15.7. The number of alkyl halides is 3. The molecule has 2 aliphatic rings. The number of nitrogens with zero attached hydrogens (tertiary/aromatic N) is 2. The minimum absolute atomic E-state index is 0.210. The molecule has 0 saturated carbocycles. The Morgan fingerprint density at radius 2 is 2.07 bits per heavy atom. The number of carbonyl (C=O) groups is 1. The Balaban J connectivity index is 1.84. The lowest BCUT2D eigenvalue weighted by Crippen LogP contribution is -2.59. The molecule has 11 heteroatoms. The highest BCUT2D eigenvalue weighted by atomic mass is 19.4. The van der Waals surface area contributed by atoms with Crippen molar-refractivity contribution in [2.24, 2.45) is 11.7 Å². The standard InChI is InChI=1S/C18H22F3N5O3/c1-29-12-6-11(8-24-9-12)26-4-2-10(3-5-26)15(22)14-16(23)25-13(27)7-17(14,28)18(19,20)21/h6,8-10,28H,2-5,7,22H2,1H3,(H2,23,25,27). The lowest BCUT2D eigenvalue weighted by Gasteiger charge is -2.40. The summed E-state index contributed by atoms with van der Waals surface area (Å²) in [5, 5.41) is 20.2. The minimum Gasteiger partial charge on any atom is -0.495 e. The van der Waals surface area contributed by atoms with Crippen molar-refractivity contribution >= 4 is 17.4 Å². The summed E-state index contributed by atoms with van der Waals surface area (Å²) in [6, 6.07) is 1.81. The summed E-state index contributed by atoms with van der Waals surface area (Å²) in [7, 11) is 1.53. The van der Waals surface area contributed by atoms with Crippen LogP contribution in [-0.4, -0.2) is 53.8 Å². The van der Waals surface area contributed by atoms with Gasteiger partial charge in [0, 0.05) is 30.8 Å². The highest BCUT2D eigenvalue weighted by Crippen LogP contribution is 2.43. The summed E-state index contributed by atoms with van der Waals surface area (Å²) < 4.78 is 45.8. The quantitative estimate of drug-likeness (QED) is 0.592. The molecule has 0 aliphatic carbocycles. The largest absolute Gasteiger partial charge is 0.495 e. The number of nitrogens with one attached hydrogen (secondary N) is 2. The number of hydrogen-bond donors (Lipinski definition) is 4. The number of carbonyl (C=O) groups excluding carboxylic acids is 1. The van der Waals surface area contributed by atoms with Gasteiger partial charge in [-0.15, -0.1) is 0 Å². The number of halogens is 3. The van der Waals surface area contributed by atoms with Crippen LogP contribution in [-0.2, 0) is 4.79 Å². The van der Waals surface area contributed by atoms with Crippen LogP contribution in [0.5, 0.6) is 5.75 Å². The van der Waals surface area contributed by atoms with Gasteiger partial charge in [0.05, 0.1) is 37.2 Å². The predicted octanol–water partition coefficient (Wildman–Crippen LogP) is 1.31. The third-order valence-electron chi connectivity index (χ3n) is 5.34. The number of pyridine rings is 1. The molecule has 3 rings (SSSR count). The number of nitrogens with two attached hydrogens (primary N) is 1. The van der Waals surface area contributed by atoms with E-state index < -0.39 is 41.4 Å². The lowest BCUT2D eigenvalue weighted by molar-refractivity contribution is -0.244. The van der Waals surface area contributed by atoms with E-state index in [0.717, 1.165) is 5.69 Å². The summed E-state index contributed by atoms with van der Waals surface area (Å²) in [5.74, 6) is -1.76. The summed E-state index contributed by atoms with van der Waals surface area (Å²) in [5.41, 5.74) is 2.42. The normalized spacial score (nSPS) is 25.6. The first-order chi connectivity index (χ1) is 13.6. The number of aromatic nitrogens is 1. The monoisotopic (exact) mass is 413 g/mol. The number of methoxy groups -OCH3 is 1. The second kappa shape index (κ2) is 7.54. The fraction of sp³-hybridized carbons (Fsp3) is 0.500. The first kappa shape index (κ1) is 20.9. The van der Waals surface area contributed by atoms with Crippen molar-refractivity contribution in [1.29, 1.82) is 5.41 Å². The third kappa shape index (κ3) is 3.86. The van der Waals surface area contributed by atoms with Crippen LogP contribution in [0, 0.1) is 11.3 Å². The van der Waals surface area contributed by atoms with Crippen LogP contribution in [0.2, 0.25) is 0 Å². The smallest absolute Gasteiger partial charge is 0.422 e. The first-order valence-corrected chi connectivity index (χ1v) is 8.99. The van der Waals surface area contributed by atoms with E-state index in [2.05, 4.69) is 4.98 Å². The van der Waals surface area contributed by atoms with Gasteiger partial charge in [-0.3, -0.25) is 15.2 Å². The van der Waals surface area contributed by atoms with Crippen LogP contribution in [0.3, 0.4) is 0 Å². The molecule has 1 aromatic rings. The molecular formula is C18H22F3N5O3. The van der Waals surface area contributed by atoms with Gasteiger partial charge in [0.25, 0.3) is 0 Å². The van der Waals surface area contributed by atoms with Crippen LogP contribution in [0.15, 0.2) is 29.7 Å². The van der Waals surface area contributed by atoms with E-state index in [-0.39, 0.29) is 5.70 Å². The molecule has 8 nitrogen and oxygen atoms in total. The number of ether oxygens (including phenoxy) is 1. The summed E-state index contributed by atoms with van der Waals surface area (Å²) in [6.45, 7) is 0.995. The van der Waals surface area contributed by atoms with Crippen LogP contribution in [0.4, 0.5) is 18.9 Å². The average molecular weight is 413 g/mol. The molecule has 5 N–H and O–H groups in total. The number of hydrogen-bond acceptors (Lipinski definition) is 7. The summed E-state index contributed by atoms with van der Waals surface area (Å²) in [4.78, 5) is 17.6. The van der Waals surface area contributed by atoms with Gasteiger partial charge in [-0.05, 0) is 12.8 Å². The average Bonchev–Trinajstić information content (AvgIpc) is 2.66. The fourth-order valence-corrected chi connectivity index (χ4v) is 3.74. The van der Waals surface area contributed by atoms with Crippen LogP contribution in [0.25, 0.3) is 0 Å². The molecule has 2 aliphatic heterocycles. The van der Waals surface area contributed by atoms with E-state index in [1.165, 1.54) is 7.11 Å². The Morgan fingerprint density at radius 1 is 1.41 bits per heavy atom. The maximum absolute atomic E-state index is 13.6. The van der Waals surface area contributed by atoms with Crippen molar-refractivity contribution in [2.45, 2.75) is 31.0 Å². The molecule has 158 valence electrons. The van der Waals surface area contributed by atoms with Crippen LogP contribution < -0.4 is 20.7 Å². The topological polar surface area (TPSA) is 125 Å². The Morgan fingerprint density at radius 3 is 2.66 bits per heavy atom. The number of anilines is 1. The van der Waals surface area contributed by atoms with Gasteiger partial charge >= 0.3 is 6.18 Å². The molecule has 1 unspecified atom stereocenters. The van der Waals surface area contributed by atoms with Crippen LogP contribution >= 0.6 is 0 Å². The van der Waals surface area contributed by atoms with Gasteiger partial charge in [-0.25, -0.2) is 0 Å². The Labute approximate surface area is 165 Å². The van der Waals surface area contributed by atoms with Gasteiger partial charge in [0.2, 0.25) is 5.91 Å². The zero-order valence-corrected chi connectivity index (χ0v) is 15.7. The van der Waals surface area contributed by atoms with Crippen molar-refractivity contribution in [2.75, 3.05) is 25.1 Å². The van der Waals surface area contributed by atoms with Crippen molar-refractivity contribution in [3.05, 3.63) is 29.7 Å². The molecular weight excluding hydrogens is 391 g/mol. The number of amidine groups is 1. The van der Waals surface area contributed by atoms with E-state index in [1.807, 2.05) is 16.3 Å². The first-order valence-electron chi connectivity index (χ1n) is 8.99.